The second-order valence-corrected chi connectivity index (χ2v) is 8.66. The molecule has 3 fully saturated rings. The summed E-state index contributed by atoms with van der Waals surface area (Å²) < 4.78 is 55.6. The van der Waals surface area contributed by atoms with Crippen LogP contribution in [0.2, 0.25) is 0 Å². The van der Waals surface area contributed by atoms with Crippen LogP contribution in [0.25, 0.3) is 0 Å². The molecule has 3 aliphatic rings. The summed E-state index contributed by atoms with van der Waals surface area (Å²) in [5, 5.41) is 0. The average Bonchev–Trinajstić information content (AvgIpc) is 2.60. The summed E-state index contributed by atoms with van der Waals surface area (Å²) in [6.07, 6.45) is 4.81. The summed E-state index contributed by atoms with van der Waals surface area (Å²) in [4.78, 5) is 0. The topological polar surface area (TPSA) is 0 Å². The van der Waals surface area contributed by atoms with E-state index in [0.29, 0.717) is 30.6 Å². The molecule has 4 heteroatoms. The highest BCUT2D eigenvalue weighted by molar-refractivity contribution is 4.95. The van der Waals surface area contributed by atoms with Crippen molar-refractivity contribution in [3.8, 4) is 0 Å². The summed E-state index contributed by atoms with van der Waals surface area (Å²) in [7, 11) is 0. The lowest BCUT2D eigenvalue weighted by Gasteiger charge is -2.43. The molecule has 0 bridgehead atoms. The number of alkyl halides is 4. The van der Waals surface area contributed by atoms with E-state index in [2.05, 4.69) is 19.1 Å². The Morgan fingerprint density at radius 1 is 0.640 bits per heavy atom. The van der Waals surface area contributed by atoms with Crippen LogP contribution in [-0.2, 0) is 0 Å². The summed E-state index contributed by atoms with van der Waals surface area (Å²) in [6, 6.07) is 0. The van der Waals surface area contributed by atoms with Gasteiger partial charge in [-0.1, -0.05) is 12.2 Å². The normalized spacial score (nSPS) is 49.4. The Morgan fingerprint density at radius 2 is 1.20 bits per heavy atom. The highest BCUT2D eigenvalue weighted by Crippen LogP contribution is 2.47. The fourth-order valence-corrected chi connectivity index (χ4v) is 5.72. The lowest BCUT2D eigenvalue weighted by atomic mass is 9.64. The highest BCUT2D eigenvalue weighted by Gasteiger charge is 2.45. The number of rotatable bonds is 3. The molecule has 144 valence electrons. The Hall–Kier alpha value is -0.540. The lowest BCUT2D eigenvalue weighted by molar-refractivity contribution is -0.0284. The SMILES string of the molecule is C/C=C/C1CCC(C2CCC(C3CC(F)C(F)C(F)C3)C(F)C2)CC1. The van der Waals surface area contributed by atoms with Crippen LogP contribution in [0.1, 0.15) is 64.7 Å². The van der Waals surface area contributed by atoms with Crippen LogP contribution < -0.4 is 0 Å². The van der Waals surface area contributed by atoms with Gasteiger partial charge in [-0.2, -0.15) is 0 Å². The fourth-order valence-electron chi connectivity index (χ4n) is 5.72. The van der Waals surface area contributed by atoms with E-state index >= 15 is 0 Å². The van der Waals surface area contributed by atoms with Crippen molar-refractivity contribution in [3.63, 3.8) is 0 Å². The van der Waals surface area contributed by atoms with Gasteiger partial charge in [0.05, 0.1) is 0 Å². The first-order valence-electron chi connectivity index (χ1n) is 10.2. The maximum Gasteiger partial charge on any atom is 0.162 e. The van der Waals surface area contributed by atoms with E-state index in [1.165, 1.54) is 25.7 Å². The second kappa shape index (κ2) is 8.43. The van der Waals surface area contributed by atoms with Crippen molar-refractivity contribution < 1.29 is 17.6 Å². The van der Waals surface area contributed by atoms with Gasteiger partial charge in [-0.05, 0) is 94.3 Å². The molecule has 0 amide bonds. The van der Waals surface area contributed by atoms with Gasteiger partial charge in [-0.25, -0.2) is 17.6 Å². The van der Waals surface area contributed by atoms with Crippen molar-refractivity contribution in [2.75, 3.05) is 0 Å². The summed E-state index contributed by atoms with van der Waals surface area (Å²) in [5.41, 5.74) is 0. The largest absolute Gasteiger partial charge is 0.247 e. The highest BCUT2D eigenvalue weighted by atomic mass is 19.2. The van der Waals surface area contributed by atoms with Gasteiger partial charge >= 0.3 is 0 Å². The molecule has 0 heterocycles. The molecule has 0 aliphatic heterocycles. The smallest absolute Gasteiger partial charge is 0.162 e. The van der Waals surface area contributed by atoms with Crippen LogP contribution in [0.3, 0.4) is 0 Å². The zero-order valence-electron chi connectivity index (χ0n) is 15.2. The standard InChI is InChI=1S/C21H32F4/c1-2-3-13-4-6-14(7-5-13)15-8-9-17(18(22)10-15)16-11-19(23)21(25)20(24)12-16/h2-3,13-21H,4-12H2,1H3/b3-2+. The lowest BCUT2D eigenvalue weighted by Crippen LogP contribution is -2.43. The van der Waals surface area contributed by atoms with Crippen LogP contribution in [0.15, 0.2) is 12.2 Å². The Bertz CT molecular complexity index is 431. The molecule has 0 saturated heterocycles. The van der Waals surface area contributed by atoms with Gasteiger partial charge in [-0.15, -0.1) is 0 Å². The first-order valence-corrected chi connectivity index (χ1v) is 10.2. The predicted octanol–water partition coefficient (Wildman–Crippen LogP) is 6.55. The minimum absolute atomic E-state index is 0.00813. The molecule has 0 N–H and O–H groups in total. The van der Waals surface area contributed by atoms with Gasteiger partial charge in [0, 0.05) is 0 Å². The number of halogens is 4. The average molecular weight is 360 g/mol. The van der Waals surface area contributed by atoms with Gasteiger partial charge in [0.2, 0.25) is 0 Å². The minimum Gasteiger partial charge on any atom is -0.247 e. The zero-order chi connectivity index (χ0) is 18.0. The number of hydrogen-bond donors (Lipinski definition) is 0. The minimum atomic E-state index is -2.02. The molecule has 0 spiro atoms. The number of hydrogen-bond acceptors (Lipinski definition) is 0. The molecule has 0 aromatic carbocycles. The maximum atomic E-state index is 14.8. The van der Waals surface area contributed by atoms with Crippen LogP contribution in [0, 0.1) is 29.6 Å². The Morgan fingerprint density at radius 3 is 1.76 bits per heavy atom. The number of allylic oxidation sites excluding steroid dienone is 2. The van der Waals surface area contributed by atoms with E-state index in [9.17, 15) is 17.6 Å². The van der Waals surface area contributed by atoms with Crippen LogP contribution in [-0.4, -0.2) is 24.7 Å². The predicted molar refractivity (Wildman–Crippen MR) is 93.4 cm³/mol. The quantitative estimate of drug-likeness (QED) is 0.395. The first-order chi connectivity index (χ1) is 12.0. The van der Waals surface area contributed by atoms with Crippen molar-refractivity contribution in [2.45, 2.75) is 89.4 Å². The first kappa shape index (κ1) is 19.2. The molecular formula is C21H32F4. The third kappa shape index (κ3) is 4.42. The summed E-state index contributed by atoms with van der Waals surface area (Å²) in [5.74, 6) is 1.08. The van der Waals surface area contributed by atoms with Crippen LogP contribution in [0.5, 0.6) is 0 Å². The van der Waals surface area contributed by atoms with E-state index in [4.69, 9.17) is 0 Å². The monoisotopic (exact) mass is 360 g/mol. The molecule has 5 atom stereocenters. The van der Waals surface area contributed by atoms with E-state index in [1.54, 1.807) is 0 Å². The maximum absolute atomic E-state index is 14.8. The molecule has 5 unspecified atom stereocenters. The molecule has 3 saturated carbocycles. The Kier molecular flexibility index (Phi) is 6.49. The molecule has 0 nitrogen and oxygen atoms in total. The summed E-state index contributed by atoms with van der Waals surface area (Å²) >= 11 is 0. The van der Waals surface area contributed by atoms with Crippen molar-refractivity contribution in [2.24, 2.45) is 29.6 Å². The van der Waals surface area contributed by atoms with Gasteiger partial charge in [0.15, 0.2) is 6.17 Å². The third-order valence-corrected chi connectivity index (χ3v) is 7.16. The van der Waals surface area contributed by atoms with E-state index in [1.807, 2.05) is 0 Å². The van der Waals surface area contributed by atoms with Crippen LogP contribution in [0.4, 0.5) is 17.6 Å². The molecule has 3 rings (SSSR count). The molecule has 0 aromatic heterocycles. The van der Waals surface area contributed by atoms with E-state index in [-0.39, 0.29) is 24.7 Å². The zero-order valence-corrected chi connectivity index (χ0v) is 15.2. The van der Waals surface area contributed by atoms with Crippen molar-refractivity contribution in [3.05, 3.63) is 12.2 Å². The van der Waals surface area contributed by atoms with Crippen molar-refractivity contribution in [1.82, 2.24) is 0 Å². The molecule has 25 heavy (non-hydrogen) atoms. The van der Waals surface area contributed by atoms with Gasteiger partial charge < -0.3 is 0 Å². The molecule has 0 radical (unpaired) electrons. The van der Waals surface area contributed by atoms with E-state index in [0.717, 1.165) is 6.42 Å². The van der Waals surface area contributed by atoms with E-state index < -0.39 is 24.7 Å². The molecule has 0 aromatic rings. The summed E-state index contributed by atoms with van der Waals surface area (Å²) in [6.45, 7) is 2.06. The van der Waals surface area contributed by atoms with Crippen molar-refractivity contribution in [1.29, 1.82) is 0 Å². The second-order valence-electron chi connectivity index (χ2n) is 8.66. The van der Waals surface area contributed by atoms with Gasteiger partial charge in [-0.3, -0.25) is 0 Å². The Balaban J connectivity index is 1.51. The fraction of sp³-hybridized carbons (Fsp3) is 0.905. The van der Waals surface area contributed by atoms with Crippen LogP contribution >= 0.6 is 0 Å². The van der Waals surface area contributed by atoms with Crippen molar-refractivity contribution >= 4 is 0 Å². The molecule has 3 aliphatic carbocycles. The van der Waals surface area contributed by atoms with Gasteiger partial charge in [0.1, 0.15) is 18.5 Å². The molecular weight excluding hydrogens is 328 g/mol. The van der Waals surface area contributed by atoms with Gasteiger partial charge in [0.25, 0.3) is 0 Å². The third-order valence-electron chi connectivity index (χ3n) is 7.16. The Labute approximate surface area is 149 Å².